The second-order valence-electron chi connectivity index (χ2n) is 5.68. The number of benzene rings is 1. The van der Waals surface area contributed by atoms with E-state index in [9.17, 15) is 9.18 Å². The molecule has 0 spiro atoms. The summed E-state index contributed by atoms with van der Waals surface area (Å²) in [7, 11) is 1.45. The molecule has 0 N–H and O–H groups in total. The number of methoxy groups -OCH3 is 1. The van der Waals surface area contributed by atoms with E-state index >= 15 is 0 Å². The maximum atomic E-state index is 13.7. The summed E-state index contributed by atoms with van der Waals surface area (Å²) in [5.74, 6) is 0.146. The van der Waals surface area contributed by atoms with E-state index < -0.39 is 0 Å². The number of hydrogen-bond acceptors (Lipinski definition) is 3. The van der Waals surface area contributed by atoms with Gasteiger partial charge >= 0.3 is 0 Å². The third kappa shape index (κ3) is 3.13. The van der Waals surface area contributed by atoms with Crippen molar-refractivity contribution < 1.29 is 13.9 Å². The first-order valence-electron chi connectivity index (χ1n) is 6.51. The largest absolute Gasteiger partial charge is 0.494 e. The van der Waals surface area contributed by atoms with Crippen LogP contribution in [0.3, 0.4) is 0 Å². The molecule has 0 aliphatic carbocycles. The number of rotatable bonds is 3. The van der Waals surface area contributed by atoms with Crippen LogP contribution in [0, 0.1) is 5.82 Å². The summed E-state index contributed by atoms with van der Waals surface area (Å²) in [5.41, 5.74) is 0.839. The molecule has 0 unspecified atom stereocenters. The van der Waals surface area contributed by atoms with E-state index in [2.05, 4.69) is 18.7 Å². The molecule has 3 nitrogen and oxygen atoms in total. The Labute approximate surface area is 113 Å². The van der Waals surface area contributed by atoms with Crippen LogP contribution >= 0.6 is 0 Å². The van der Waals surface area contributed by atoms with Gasteiger partial charge in [0.25, 0.3) is 0 Å². The third-order valence-corrected chi connectivity index (χ3v) is 3.83. The van der Waals surface area contributed by atoms with E-state index in [4.69, 9.17) is 4.74 Å². The third-order valence-electron chi connectivity index (χ3n) is 3.83. The summed E-state index contributed by atoms with van der Waals surface area (Å²) < 4.78 is 18.6. The SMILES string of the molecule is COc1ccc(CN2CC(=O)CCC2(C)C)cc1F. The Morgan fingerprint density at radius 3 is 2.79 bits per heavy atom. The van der Waals surface area contributed by atoms with Gasteiger partial charge in [-0.3, -0.25) is 9.69 Å². The first-order valence-corrected chi connectivity index (χ1v) is 6.51. The van der Waals surface area contributed by atoms with E-state index in [-0.39, 0.29) is 22.9 Å². The lowest BCUT2D eigenvalue weighted by molar-refractivity contribution is -0.126. The molecule has 0 bridgehead atoms. The molecule has 0 radical (unpaired) electrons. The quantitative estimate of drug-likeness (QED) is 0.841. The van der Waals surface area contributed by atoms with Crippen LogP contribution in [-0.2, 0) is 11.3 Å². The fourth-order valence-corrected chi connectivity index (χ4v) is 2.41. The number of hydrogen-bond donors (Lipinski definition) is 0. The number of likely N-dealkylation sites (tertiary alicyclic amines) is 1. The molecular weight excluding hydrogens is 245 g/mol. The molecule has 0 aromatic heterocycles. The minimum Gasteiger partial charge on any atom is -0.494 e. The highest BCUT2D eigenvalue weighted by Gasteiger charge is 2.33. The molecule has 1 aliphatic rings. The summed E-state index contributed by atoms with van der Waals surface area (Å²) in [6.07, 6.45) is 1.49. The highest BCUT2D eigenvalue weighted by atomic mass is 19.1. The van der Waals surface area contributed by atoms with Gasteiger partial charge in [0.15, 0.2) is 11.6 Å². The average molecular weight is 265 g/mol. The summed E-state index contributed by atoms with van der Waals surface area (Å²) in [5, 5.41) is 0. The second-order valence-corrected chi connectivity index (χ2v) is 5.68. The lowest BCUT2D eigenvalue weighted by atomic mass is 9.89. The van der Waals surface area contributed by atoms with Crippen LogP contribution in [0.4, 0.5) is 4.39 Å². The van der Waals surface area contributed by atoms with Gasteiger partial charge in [-0.15, -0.1) is 0 Å². The molecule has 104 valence electrons. The van der Waals surface area contributed by atoms with Gasteiger partial charge in [0.1, 0.15) is 5.78 Å². The van der Waals surface area contributed by atoms with Crippen LogP contribution in [0.1, 0.15) is 32.3 Å². The van der Waals surface area contributed by atoms with Crippen molar-refractivity contribution >= 4 is 5.78 Å². The minimum absolute atomic E-state index is 0.0235. The van der Waals surface area contributed by atoms with Crippen molar-refractivity contribution in [2.45, 2.75) is 38.8 Å². The van der Waals surface area contributed by atoms with Crippen molar-refractivity contribution in [2.24, 2.45) is 0 Å². The Morgan fingerprint density at radius 1 is 1.42 bits per heavy atom. The van der Waals surface area contributed by atoms with Crippen LogP contribution in [-0.4, -0.2) is 29.9 Å². The number of carbonyl (C=O) groups is 1. The van der Waals surface area contributed by atoms with E-state index in [1.54, 1.807) is 6.07 Å². The maximum absolute atomic E-state index is 13.7. The van der Waals surface area contributed by atoms with Crippen molar-refractivity contribution in [1.82, 2.24) is 4.90 Å². The molecule has 1 fully saturated rings. The van der Waals surface area contributed by atoms with Crippen molar-refractivity contribution in [3.8, 4) is 5.75 Å². The fraction of sp³-hybridized carbons (Fsp3) is 0.533. The topological polar surface area (TPSA) is 29.5 Å². The summed E-state index contributed by atoms with van der Waals surface area (Å²) in [4.78, 5) is 13.7. The molecule has 0 atom stereocenters. The molecule has 1 saturated heterocycles. The zero-order chi connectivity index (χ0) is 14.0. The van der Waals surface area contributed by atoms with Gasteiger partial charge in [-0.1, -0.05) is 6.07 Å². The van der Waals surface area contributed by atoms with Crippen LogP contribution in [0.15, 0.2) is 18.2 Å². The van der Waals surface area contributed by atoms with Gasteiger partial charge in [0.2, 0.25) is 0 Å². The number of Topliss-reactive ketones (excluding diaryl/α,β-unsaturated/α-hetero) is 1. The van der Waals surface area contributed by atoms with Gasteiger partial charge in [-0.05, 0) is 38.0 Å². The van der Waals surface area contributed by atoms with E-state index in [1.807, 2.05) is 6.07 Å². The van der Waals surface area contributed by atoms with Crippen molar-refractivity contribution in [1.29, 1.82) is 0 Å². The van der Waals surface area contributed by atoms with E-state index in [0.717, 1.165) is 12.0 Å². The second kappa shape index (κ2) is 5.29. The first kappa shape index (κ1) is 14.0. The molecule has 1 heterocycles. The smallest absolute Gasteiger partial charge is 0.165 e. The van der Waals surface area contributed by atoms with Gasteiger partial charge in [0.05, 0.1) is 13.7 Å². The van der Waals surface area contributed by atoms with Crippen LogP contribution < -0.4 is 4.74 Å². The monoisotopic (exact) mass is 265 g/mol. The lowest BCUT2D eigenvalue weighted by Crippen LogP contribution is -2.50. The zero-order valence-corrected chi connectivity index (χ0v) is 11.7. The Bertz CT molecular complexity index is 485. The van der Waals surface area contributed by atoms with Gasteiger partial charge < -0.3 is 4.74 Å². The summed E-state index contributed by atoms with van der Waals surface area (Å²) >= 11 is 0. The van der Waals surface area contributed by atoms with E-state index in [1.165, 1.54) is 13.2 Å². The van der Waals surface area contributed by atoms with Crippen molar-refractivity contribution in [2.75, 3.05) is 13.7 Å². The molecule has 1 aromatic rings. The molecule has 0 saturated carbocycles. The Morgan fingerprint density at radius 2 is 2.16 bits per heavy atom. The number of ketones is 1. The highest BCUT2D eigenvalue weighted by molar-refractivity contribution is 5.81. The lowest BCUT2D eigenvalue weighted by Gasteiger charge is -2.41. The first-order chi connectivity index (χ1) is 8.92. The molecular formula is C15H20FNO2. The van der Waals surface area contributed by atoms with Gasteiger partial charge in [-0.2, -0.15) is 0 Å². The maximum Gasteiger partial charge on any atom is 0.165 e. The molecule has 4 heteroatoms. The highest BCUT2D eigenvalue weighted by Crippen LogP contribution is 2.28. The van der Waals surface area contributed by atoms with Crippen molar-refractivity contribution in [3.05, 3.63) is 29.6 Å². The van der Waals surface area contributed by atoms with Crippen molar-refractivity contribution in [3.63, 3.8) is 0 Å². The fourth-order valence-electron chi connectivity index (χ4n) is 2.41. The number of carbonyl (C=O) groups excluding carboxylic acids is 1. The summed E-state index contributed by atoms with van der Waals surface area (Å²) in [6.45, 7) is 5.28. The summed E-state index contributed by atoms with van der Waals surface area (Å²) in [6, 6.07) is 4.95. The van der Waals surface area contributed by atoms with Crippen LogP contribution in [0.25, 0.3) is 0 Å². The average Bonchev–Trinajstić information content (AvgIpc) is 2.35. The molecule has 1 aliphatic heterocycles. The number of ether oxygens (including phenoxy) is 1. The molecule has 19 heavy (non-hydrogen) atoms. The van der Waals surface area contributed by atoms with Crippen LogP contribution in [0.5, 0.6) is 5.75 Å². The minimum atomic E-state index is -0.360. The standard InChI is InChI=1S/C15H20FNO2/c1-15(2)7-6-12(18)10-17(15)9-11-4-5-14(19-3)13(16)8-11/h4-5,8H,6-7,9-10H2,1-3H3. The number of piperidine rings is 1. The normalized spacial score (nSPS) is 19.5. The zero-order valence-electron chi connectivity index (χ0n) is 11.7. The predicted molar refractivity (Wildman–Crippen MR) is 71.7 cm³/mol. The Hall–Kier alpha value is -1.42. The Balaban J connectivity index is 2.15. The van der Waals surface area contributed by atoms with Crippen LogP contribution in [0.2, 0.25) is 0 Å². The van der Waals surface area contributed by atoms with Gasteiger partial charge in [0, 0.05) is 18.5 Å². The van der Waals surface area contributed by atoms with Gasteiger partial charge in [-0.25, -0.2) is 4.39 Å². The van der Waals surface area contributed by atoms with E-state index in [0.29, 0.717) is 19.5 Å². The Kier molecular flexibility index (Phi) is 3.90. The molecule has 1 aromatic carbocycles. The predicted octanol–water partition coefficient (Wildman–Crippen LogP) is 2.78. The molecule has 0 amide bonds. The molecule has 2 rings (SSSR count). The number of nitrogens with zero attached hydrogens (tertiary/aromatic N) is 1. The number of halogens is 1.